The lowest BCUT2D eigenvalue weighted by atomic mass is 10.3. The molecule has 6 nitrogen and oxygen atoms in total. The average Bonchev–Trinajstić information content (AvgIpc) is 2.70. The van der Waals surface area contributed by atoms with Gasteiger partial charge in [-0.05, 0) is 19.1 Å². The van der Waals surface area contributed by atoms with Gasteiger partial charge in [-0.2, -0.15) is 4.99 Å². The van der Waals surface area contributed by atoms with E-state index in [0.717, 1.165) is 10.2 Å². The summed E-state index contributed by atoms with van der Waals surface area (Å²) in [5.41, 5.74) is 12.2. The van der Waals surface area contributed by atoms with Crippen molar-refractivity contribution in [1.82, 2.24) is 10.3 Å². The molecule has 0 radical (unpaired) electrons. The smallest absolute Gasteiger partial charge is 0.213 e. The summed E-state index contributed by atoms with van der Waals surface area (Å²) in [4.78, 5) is 12.4. The van der Waals surface area contributed by atoms with Crippen LogP contribution in [-0.2, 0) is 0 Å². The first-order valence-electron chi connectivity index (χ1n) is 5.45. The lowest BCUT2D eigenvalue weighted by Crippen LogP contribution is -2.41. The van der Waals surface area contributed by atoms with E-state index in [1.807, 2.05) is 31.2 Å². The predicted octanol–water partition coefficient (Wildman–Crippen LogP) is 1.17. The Balaban J connectivity index is 2.19. The zero-order chi connectivity index (χ0) is 13.0. The minimum Gasteiger partial charge on any atom is -0.370 e. The number of hydrogen-bond donors (Lipinski definition) is 3. The van der Waals surface area contributed by atoms with Crippen LogP contribution in [0.5, 0.6) is 0 Å². The molecule has 1 aromatic carbocycles. The second-order valence-corrected chi connectivity index (χ2v) is 4.45. The summed E-state index contributed by atoms with van der Waals surface area (Å²) in [5.74, 6) is 0.434. The van der Waals surface area contributed by atoms with Crippen LogP contribution >= 0.6 is 11.3 Å². The number of rotatable bonds is 2. The van der Waals surface area contributed by atoms with E-state index >= 15 is 0 Å². The standard InChI is InChI=1S/C11H14N6S/c1-2-14-9(12)16-10(13)17-11-15-7-5-3-4-6-8(7)18-11/h3-6H,2H2,1H3,(H5,12,13,14,15,16,17). The van der Waals surface area contributed by atoms with Crippen molar-refractivity contribution in [2.45, 2.75) is 6.92 Å². The highest BCUT2D eigenvalue weighted by molar-refractivity contribution is 7.22. The van der Waals surface area contributed by atoms with Gasteiger partial charge in [-0.25, -0.2) is 4.98 Å². The second kappa shape index (κ2) is 5.46. The van der Waals surface area contributed by atoms with Gasteiger partial charge in [0.05, 0.1) is 10.2 Å². The topological polar surface area (TPSA) is 102 Å². The molecular weight excluding hydrogens is 248 g/mol. The van der Waals surface area contributed by atoms with Gasteiger partial charge in [0.2, 0.25) is 11.1 Å². The van der Waals surface area contributed by atoms with E-state index in [1.165, 1.54) is 11.3 Å². The number of hydrogen-bond acceptors (Lipinski definition) is 4. The number of aliphatic imine (C=N–C) groups is 2. The molecule has 5 N–H and O–H groups in total. The Bertz CT molecular complexity index is 567. The SMILES string of the molecule is CCN=C(N)NC(N)=Nc1nc2ccccc2s1. The van der Waals surface area contributed by atoms with Gasteiger partial charge in [-0.3, -0.25) is 10.3 Å². The van der Waals surface area contributed by atoms with E-state index in [9.17, 15) is 0 Å². The molecule has 0 aliphatic heterocycles. The quantitative estimate of drug-likeness (QED) is 0.558. The summed E-state index contributed by atoms with van der Waals surface area (Å²) in [6.07, 6.45) is 0. The number of nitrogens with two attached hydrogens (primary N) is 2. The van der Waals surface area contributed by atoms with Crippen molar-refractivity contribution < 1.29 is 0 Å². The van der Waals surface area contributed by atoms with E-state index < -0.39 is 0 Å². The van der Waals surface area contributed by atoms with Crippen LogP contribution in [0.1, 0.15) is 6.92 Å². The Hall–Kier alpha value is -2.15. The fraction of sp³-hybridized carbons (Fsp3) is 0.182. The van der Waals surface area contributed by atoms with E-state index in [1.54, 1.807) is 0 Å². The number of fused-ring (bicyclic) bond motifs is 1. The molecule has 1 aromatic heterocycles. The highest BCUT2D eigenvalue weighted by Gasteiger charge is 2.02. The third-order valence-corrected chi connectivity index (χ3v) is 3.01. The van der Waals surface area contributed by atoms with Gasteiger partial charge in [0.25, 0.3) is 0 Å². The molecule has 0 spiro atoms. The van der Waals surface area contributed by atoms with E-state index in [0.29, 0.717) is 11.7 Å². The molecule has 0 fully saturated rings. The average molecular weight is 262 g/mol. The molecule has 0 bridgehead atoms. The normalized spacial score (nSPS) is 12.9. The molecule has 18 heavy (non-hydrogen) atoms. The van der Waals surface area contributed by atoms with E-state index in [2.05, 4.69) is 20.3 Å². The van der Waals surface area contributed by atoms with Crippen molar-refractivity contribution >= 4 is 38.6 Å². The Labute approximate surface area is 108 Å². The van der Waals surface area contributed by atoms with Crippen LogP contribution in [-0.4, -0.2) is 23.4 Å². The first kappa shape index (κ1) is 12.3. The molecule has 0 amide bonds. The number of para-hydroxylation sites is 1. The Morgan fingerprint density at radius 2 is 2.11 bits per heavy atom. The maximum Gasteiger partial charge on any atom is 0.213 e. The van der Waals surface area contributed by atoms with Crippen LogP contribution in [0.2, 0.25) is 0 Å². The third kappa shape index (κ3) is 2.95. The van der Waals surface area contributed by atoms with Crippen LogP contribution < -0.4 is 16.8 Å². The highest BCUT2D eigenvalue weighted by atomic mass is 32.1. The lowest BCUT2D eigenvalue weighted by Gasteiger charge is -2.02. The van der Waals surface area contributed by atoms with Crippen LogP contribution in [0.3, 0.4) is 0 Å². The number of benzene rings is 1. The van der Waals surface area contributed by atoms with E-state index in [-0.39, 0.29) is 11.9 Å². The summed E-state index contributed by atoms with van der Waals surface area (Å²) >= 11 is 1.47. The van der Waals surface area contributed by atoms with Crippen LogP contribution in [0.4, 0.5) is 5.13 Å². The summed E-state index contributed by atoms with van der Waals surface area (Å²) in [5, 5.41) is 3.28. The molecule has 94 valence electrons. The highest BCUT2D eigenvalue weighted by Crippen LogP contribution is 2.27. The Morgan fingerprint density at radius 3 is 2.83 bits per heavy atom. The van der Waals surface area contributed by atoms with Crippen LogP contribution in [0.25, 0.3) is 10.2 Å². The van der Waals surface area contributed by atoms with Gasteiger partial charge >= 0.3 is 0 Å². The molecule has 2 aromatic rings. The summed E-state index contributed by atoms with van der Waals surface area (Å²) in [7, 11) is 0. The largest absolute Gasteiger partial charge is 0.370 e. The van der Waals surface area contributed by atoms with Gasteiger partial charge in [-0.1, -0.05) is 23.5 Å². The zero-order valence-corrected chi connectivity index (χ0v) is 10.7. The first-order chi connectivity index (χ1) is 8.69. The minimum absolute atomic E-state index is 0.184. The summed E-state index contributed by atoms with van der Waals surface area (Å²) in [6.45, 7) is 2.47. The Morgan fingerprint density at radius 1 is 1.33 bits per heavy atom. The van der Waals surface area contributed by atoms with Crippen molar-refractivity contribution in [2.24, 2.45) is 21.5 Å². The second-order valence-electron chi connectivity index (χ2n) is 3.45. The maximum atomic E-state index is 5.70. The number of aromatic nitrogens is 1. The molecule has 0 saturated heterocycles. The number of guanidine groups is 2. The zero-order valence-electron chi connectivity index (χ0n) is 9.92. The van der Waals surface area contributed by atoms with Crippen molar-refractivity contribution in [1.29, 1.82) is 0 Å². The van der Waals surface area contributed by atoms with Gasteiger partial charge in [-0.15, -0.1) is 0 Å². The monoisotopic (exact) mass is 262 g/mol. The van der Waals surface area contributed by atoms with Crippen molar-refractivity contribution in [3.63, 3.8) is 0 Å². The van der Waals surface area contributed by atoms with E-state index in [4.69, 9.17) is 11.5 Å². The number of thiazole rings is 1. The number of nitrogens with zero attached hydrogens (tertiary/aromatic N) is 3. The summed E-state index contributed by atoms with van der Waals surface area (Å²) < 4.78 is 1.07. The van der Waals surface area contributed by atoms with Gasteiger partial charge in [0.15, 0.2) is 5.96 Å². The number of nitrogens with one attached hydrogen (secondary N) is 1. The fourth-order valence-electron chi connectivity index (χ4n) is 1.38. The van der Waals surface area contributed by atoms with Crippen molar-refractivity contribution in [2.75, 3.05) is 6.54 Å². The molecule has 0 aliphatic carbocycles. The Kier molecular flexibility index (Phi) is 3.73. The van der Waals surface area contributed by atoms with Gasteiger partial charge in [0, 0.05) is 6.54 Å². The molecule has 0 atom stereocenters. The lowest BCUT2D eigenvalue weighted by molar-refractivity contribution is 1.08. The van der Waals surface area contributed by atoms with Gasteiger partial charge in [0.1, 0.15) is 0 Å². The molecule has 0 saturated carbocycles. The predicted molar refractivity (Wildman–Crippen MR) is 76.2 cm³/mol. The minimum atomic E-state index is 0.184. The van der Waals surface area contributed by atoms with Crippen LogP contribution in [0, 0.1) is 0 Å². The summed E-state index contributed by atoms with van der Waals surface area (Å²) in [6, 6.07) is 7.81. The van der Waals surface area contributed by atoms with Crippen molar-refractivity contribution in [3.8, 4) is 0 Å². The maximum absolute atomic E-state index is 5.70. The third-order valence-electron chi connectivity index (χ3n) is 2.08. The molecular formula is C11H14N6S. The molecule has 2 rings (SSSR count). The van der Waals surface area contributed by atoms with Gasteiger partial charge < -0.3 is 11.5 Å². The molecule has 1 heterocycles. The molecule has 7 heteroatoms. The molecule has 0 aliphatic rings. The molecule has 0 unspecified atom stereocenters. The van der Waals surface area contributed by atoms with Crippen molar-refractivity contribution in [3.05, 3.63) is 24.3 Å². The first-order valence-corrected chi connectivity index (χ1v) is 6.27. The van der Waals surface area contributed by atoms with Crippen LogP contribution in [0.15, 0.2) is 34.3 Å². The fourth-order valence-corrected chi connectivity index (χ4v) is 2.23.